The molecule has 0 amide bonds. The highest BCUT2D eigenvalue weighted by Crippen LogP contribution is 2.31. The van der Waals surface area contributed by atoms with Crippen LogP contribution in [0.1, 0.15) is 32.0 Å². The fourth-order valence-electron chi connectivity index (χ4n) is 3.15. The van der Waals surface area contributed by atoms with Crippen molar-refractivity contribution in [1.29, 1.82) is 0 Å². The number of nitrogens with zero attached hydrogens (tertiary/aromatic N) is 6. The number of hydrogen-bond acceptors (Lipinski definition) is 6. The van der Waals surface area contributed by atoms with Crippen LogP contribution in [0.15, 0.2) is 5.16 Å². The second kappa shape index (κ2) is 7.08. The minimum atomic E-state index is -3.22. The molecule has 0 saturated heterocycles. The summed E-state index contributed by atoms with van der Waals surface area (Å²) in [5.74, 6) is 1.74. The first-order valence-electron chi connectivity index (χ1n) is 8.51. The summed E-state index contributed by atoms with van der Waals surface area (Å²) in [5.41, 5.74) is 2.76. The van der Waals surface area contributed by atoms with Gasteiger partial charge in [-0.3, -0.25) is 4.68 Å². The molecule has 0 spiro atoms. The first kappa shape index (κ1) is 18.4. The number of sulfonamides is 1. The molecule has 1 aliphatic heterocycles. The molecule has 0 N–H and O–H groups in total. The van der Waals surface area contributed by atoms with Crippen LogP contribution in [0.4, 0.5) is 0 Å². The SMILES string of the molecule is CCSc1nnc(-c2nn(C)c3c2CN(S(=O)(=O)CC)CC3)n1CC. The smallest absolute Gasteiger partial charge is 0.214 e. The quantitative estimate of drug-likeness (QED) is 0.702. The highest BCUT2D eigenvalue weighted by molar-refractivity contribution is 7.99. The lowest BCUT2D eigenvalue weighted by atomic mass is 10.1. The summed E-state index contributed by atoms with van der Waals surface area (Å²) < 4.78 is 30.0. The fourth-order valence-corrected chi connectivity index (χ4v) is 4.94. The first-order chi connectivity index (χ1) is 11.9. The molecular formula is C15H24N6O2S2. The number of hydrogen-bond donors (Lipinski definition) is 0. The van der Waals surface area contributed by atoms with Crippen LogP contribution >= 0.6 is 11.8 Å². The number of rotatable bonds is 6. The maximum Gasteiger partial charge on any atom is 0.214 e. The van der Waals surface area contributed by atoms with Crippen LogP contribution in [0.25, 0.3) is 11.5 Å². The van der Waals surface area contributed by atoms with E-state index in [1.54, 1.807) is 23.0 Å². The van der Waals surface area contributed by atoms with Gasteiger partial charge in [-0.2, -0.15) is 9.40 Å². The van der Waals surface area contributed by atoms with Gasteiger partial charge < -0.3 is 4.57 Å². The van der Waals surface area contributed by atoms with E-state index in [1.165, 1.54) is 0 Å². The average Bonchev–Trinajstić information content (AvgIpc) is 3.15. The Hall–Kier alpha value is -1.39. The van der Waals surface area contributed by atoms with Crippen LogP contribution in [-0.4, -0.2) is 55.3 Å². The molecular weight excluding hydrogens is 360 g/mol. The number of fused-ring (bicyclic) bond motifs is 1. The Bertz CT molecular complexity index is 871. The van der Waals surface area contributed by atoms with Gasteiger partial charge in [0.15, 0.2) is 11.0 Å². The van der Waals surface area contributed by atoms with Crippen LogP contribution in [-0.2, 0) is 36.6 Å². The average molecular weight is 385 g/mol. The summed E-state index contributed by atoms with van der Waals surface area (Å²) in [6.45, 7) is 7.40. The Morgan fingerprint density at radius 1 is 1.20 bits per heavy atom. The summed E-state index contributed by atoms with van der Waals surface area (Å²) in [7, 11) is -1.32. The van der Waals surface area contributed by atoms with Gasteiger partial charge in [0.1, 0.15) is 5.69 Å². The molecule has 0 radical (unpaired) electrons. The van der Waals surface area contributed by atoms with Gasteiger partial charge in [-0.05, 0) is 19.6 Å². The zero-order valence-electron chi connectivity index (χ0n) is 15.1. The minimum Gasteiger partial charge on any atom is -0.301 e. The minimum absolute atomic E-state index is 0.111. The molecule has 138 valence electrons. The summed E-state index contributed by atoms with van der Waals surface area (Å²) >= 11 is 1.64. The first-order valence-corrected chi connectivity index (χ1v) is 11.1. The van der Waals surface area contributed by atoms with Crippen molar-refractivity contribution in [3.63, 3.8) is 0 Å². The van der Waals surface area contributed by atoms with Gasteiger partial charge in [-0.1, -0.05) is 18.7 Å². The molecule has 25 heavy (non-hydrogen) atoms. The van der Waals surface area contributed by atoms with Gasteiger partial charge in [0.05, 0.1) is 5.75 Å². The Morgan fingerprint density at radius 3 is 2.60 bits per heavy atom. The van der Waals surface area contributed by atoms with Gasteiger partial charge in [0.25, 0.3) is 0 Å². The van der Waals surface area contributed by atoms with Crippen LogP contribution in [0.5, 0.6) is 0 Å². The predicted octanol–water partition coefficient (Wildman–Crippen LogP) is 1.52. The monoisotopic (exact) mass is 384 g/mol. The second-order valence-electron chi connectivity index (χ2n) is 5.87. The van der Waals surface area contributed by atoms with Gasteiger partial charge in [0, 0.05) is 44.4 Å². The van der Waals surface area contributed by atoms with E-state index in [4.69, 9.17) is 0 Å². The Labute approximate surface area is 152 Å². The van der Waals surface area contributed by atoms with Crippen molar-refractivity contribution in [3.05, 3.63) is 11.3 Å². The third-order valence-electron chi connectivity index (χ3n) is 4.48. The molecule has 0 aromatic carbocycles. The van der Waals surface area contributed by atoms with Crippen molar-refractivity contribution in [2.24, 2.45) is 7.05 Å². The molecule has 0 saturated carbocycles. The van der Waals surface area contributed by atoms with Crippen molar-refractivity contribution in [2.75, 3.05) is 18.1 Å². The largest absolute Gasteiger partial charge is 0.301 e. The molecule has 0 atom stereocenters. The van der Waals surface area contributed by atoms with Crippen molar-refractivity contribution < 1.29 is 8.42 Å². The van der Waals surface area contributed by atoms with Crippen LogP contribution in [0, 0.1) is 0 Å². The lowest BCUT2D eigenvalue weighted by molar-refractivity contribution is 0.387. The van der Waals surface area contributed by atoms with Crippen molar-refractivity contribution in [2.45, 2.75) is 45.4 Å². The van der Waals surface area contributed by atoms with E-state index in [2.05, 4.69) is 29.1 Å². The lowest BCUT2D eigenvalue weighted by Crippen LogP contribution is -2.37. The summed E-state index contributed by atoms with van der Waals surface area (Å²) in [4.78, 5) is 0. The van der Waals surface area contributed by atoms with Crippen molar-refractivity contribution in [1.82, 2.24) is 28.9 Å². The highest BCUT2D eigenvalue weighted by atomic mass is 32.2. The summed E-state index contributed by atoms with van der Waals surface area (Å²) in [6.07, 6.45) is 0.662. The van der Waals surface area contributed by atoms with Crippen molar-refractivity contribution >= 4 is 21.8 Å². The van der Waals surface area contributed by atoms with Gasteiger partial charge >= 0.3 is 0 Å². The van der Waals surface area contributed by atoms with E-state index in [1.807, 2.05) is 16.3 Å². The lowest BCUT2D eigenvalue weighted by Gasteiger charge is -2.26. The van der Waals surface area contributed by atoms with Crippen LogP contribution in [0.3, 0.4) is 0 Å². The van der Waals surface area contributed by atoms with Gasteiger partial charge in [-0.25, -0.2) is 8.42 Å². The predicted molar refractivity (Wildman–Crippen MR) is 97.9 cm³/mol. The fraction of sp³-hybridized carbons (Fsp3) is 0.667. The summed E-state index contributed by atoms with van der Waals surface area (Å²) in [5, 5.41) is 14.2. The maximum atomic E-state index is 12.3. The molecule has 0 bridgehead atoms. The molecule has 0 aliphatic carbocycles. The van der Waals surface area contributed by atoms with E-state index in [9.17, 15) is 8.42 Å². The molecule has 8 nitrogen and oxygen atoms in total. The normalized spacial score (nSPS) is 15.5. The Balaban J connectivity index is 2.06. The number of aryl methyl sites for hydroxylation is 1. The molecule has 1 aliphatic rings. The zero-order chi connectivity index (χ0) is 18.2. The number of aromatic nitrogens is 5. The third kappa shape index (κ3) is 3.22. The van der Waals surface area contributed by atoms with Crippen LogP contribution in [0.2, 0.25) is 0 Å². The van der Waals surface area contributed by atoms with E-state index >= 15 is 0 Å². The molecule has 3 heterocycles. The molecule has 2 aromatic heterocycles. The topological polar surface area (TPSA) is 85.9 Å². The van der Waals surface area contributed by atoms with Gasteiger partial charge in [-0.15, -0.1) is 10.2 Å². The molecule has 0 fully saturated rings. The van der Waals surface area contributed by atoms with E-state index in [0.29, 0.717) is 25.3 Å². The summed E-state index contributed by atoms with van der Waals surface area (Å²) in [6, 6.07) is 0. The maximum absolute atomic E-state index is 12.3. The zero-order valence-corrected chi connectivity index (χ0v) is 16.7. The number of thioether (sulfide) groups is 1. The van der Waals surface area contributed by atoms with Crippen molar-refractivity contribution in [3.8, 4) is 11.5 Å². The van der Waals surface area contributed by atoms with E-state index < -0.39 is 10.0 Å². The second-order valence-corrected chi connectivity index (χ2v) is 9.35. The Morgan fingerprint density at radius 2 is 1.96 bits per heavy atom. The van der Waals surface area contributed by atoms with Crippen LogP contribution < -0.4 is 0 Å². The Kier molecular flexibility index (Phi) is 5.21. The molecule has 0 unspecified atom stereocenters. The van der Waals surface area contributed by atoms with E-state index in [0.717, 1.165) is 34.4 Å². The van der Waals surface area contributed by atoms with E-state index in [-0.39, 0.29) is 5.75 Å². The third-order valence-corrected chi connectivity index (χ3v) is 7.16. The highest BCUT2D eigenvalue weighted by Gasteiger charge is 2.31. The van der Waals surface area contributed by atoms with Gasteiger partial charge in [0.2, 0.25) is 10.0 Å². The molecule has 2 aromatic rings. The molecule has 10 heteroatoms. The molecule has 3 rings (SSSR count). The standard InChI is InChI=1S/C15H24N6O2S2/c1-5-21-14(16-17-15(21)24-6-2)13-11-10-20(25(22,23)7-3)9-8-12(11)19(4)18-13/h5-10H2,1-4H3.